The number of rotatable bonds is 4. The second kappa shape index (κ2) is 11.8. The summed E-state index contributed by atoms with van der Waals surface area (Å²) in [6.07, 6.45) is 11.1. The van der Waals surface area contributed by atoms with Crippen LogP contribution in [0.15, 0.2) is 157 Å². The Morgan fingerprint density at radius 3 is 1.87 bits per heavy atom. The van der Waals surface area contributed by atoms with Gasteiger partial charge in [-0.3, -0.25) is 15.0 Å². The lowest BCUT2D eigenvalue weighted by Gasteiger charge is -2.13. The maximum atomic E-state index is 5.39. The van der Waals surface area contributed by atoms with Crippen molar-refractivity contribution in [2.24, 2.45) is 4.99 Å². The van der Waals surface area contributed by atoms with E-state index in [1.165, 1.54) is 33.0 Å². The molecule has 2 heterocycles. The number of hydrogen-bond acceptors (Lipinski definition) is 3. The van der Waals surface area contributed by atoms with Crippen molar-refractivity contribution in [3.05, 3.63) is 169 Å². The van der Waals surface area contributed by atoms with Crippen LogP contribution in [0.25, 0.3) is 55.0 Å². The van der Waals surface area contributed by atoms with Crippen molar-refractivity contribution in [1.29, 1.82) is 0 Å². The molecule has 0 saturated carbocycles. The number of hydrogen-bond donors (Lipinski definition) is 0. The number of aromatic nitrogens is 2. The molecule has 0 bridgehead atoms. The molecule has 1 aliphatic rings. The highest BCUT2D eigenvalue weighted by Gasteiger charge is 2.14. The summed E-state index contributed by atoms with van der Waals surface area (Å²) in [7, 11) is 0. The Kier molecular flexibility index (Phi) is 7.05. The Hall–Kier alpha value is -5.67. The van der Waals surface area contributed by atoms with Crippen LogP contribution in [-0.4, -0.2) is 15.7 Å². The summed E-state index contributed by atoms with van der Waals surface area (Å²) in [6, 6.07) is 45.2. The van der Waals surface area contributed by atoms with Gasteiger partial charge in [0, 0.05) is 34.4 Å². The maximum absolute atomic E-state index is 5.39. The molecule has 0 unspecified atom stereocenters. The molecule has 0 aliphatic carbocycles. The number of nitrogens with zero attached hydrogens (tertiary/aromatic N) is 3. The molecule has 45 heavy (non-hydrogen) atoms. The second-order valence-corrected chi connectivity index (χ2v) is 11.5. The minimum Gasteiger partial charge on any atom is -0.252 e. The summed E-state index contributed by atoms with van der Waals surface area (Å²) in [4.78, 5) is 14.8. The van der Waals surface area contributed by atoms with Crippen molar-refractivity contribution in [2.45, 2.75) is 19.3 Å². The minimum atomic E-state index is 0.902. The molecule has 214 valence electrons. The Morgan fingerprint density at radius 1 is 0.467 bits per heavy atom. The highest BCUT2D eigenvalue weighted by molar-refractivity contribution is 6.23. The van der Waals surface area contributed by atoms with Crippen LogP contribution in [0.5, 0.6) is 0 Å². The van der Waals surface area contributed by atoms with Crippen LogP contribution < -0.4 is 0 Å². The normalized spacial score (nSPS) is 16.2. The van der Waals surface area contributed by atoms with E-state index in [1.54, 1.807) is 12.4 Å². The van der Waals surface area contributed by atoms with Gasteiger partial charge in [0.05, 0.1) is 16.7 Å². The van der Waals surface area contributed by atoms with Gasteiger partial charge in [0.15, 0.2) is 0 Å². The molecule has 3 heteroatoms. The molecule has 7 aromatic rings. The zero-order valence-electron chi connectivity index (χ0n) is 24.9. The average molecular weight is 578 g/mol. The van der Waals surface area contributed by atoms with Crippen LogP contribution >= 0.6 is 0 Å². The highest BCUT2D eigenvalue weighted by Crippen LogP contribution is 2.36. The molecule has 0 saturated heterocycles. The van der Waals surface area contributed by atoms with Crippen molar-refractivity contribution in [3.63, 3.8) is 0 Å². The third kappa shape index (κ3) is 5.23. The number of allylic oxidation sites excluding steroid dienone is 3. The number of aliphatic imine (C=N–C) groups is 1. The Bertz CT molecular complexity index is 2240. The van der Waals surface area contributed by atoms with E-state index in [-0.39, 0.29) is 0 Å². The molecular formula is C42H31N3. The van der Waals surface area contributed by atoms with Gasteiger partial charge in [0.1, 0.15) is 0 Å². The third-order valence-electron chi connectivity index (χ3n) is 8.68. The fraction of sp³-hybridized carbons (Fsp3) is 0.0714. The first-order valence-corrected chi connectivity index (χ1v) is 15.6. The summed E-state index contributed by atoms with van der Waals surface area (Å²) in [5.74, 6) is 0. The van der Waals surface area contributed by atoms with E-state index >= 15 is 0 Å². The van der Waals surface area contributed by atoms with Gasteiger partial charge < -0.3 is 0 Å². The molecule has 0 amide bonds. The molecule has 1 aliphatic heterocycles. The van der Waals surface area contributed by atoms with Gasteiger partial charge in [-0.2, -0.15) is 0 Å². The topological polar surface area (TPSA) is 38.1 Å². The largest absolute Gasteiger partial charge is 0.252 e. The van der Waals surface area contributed by atoms with Crippen molar-refractivity contribution in [2.75, 3.05) is 0 Å². The fourth-order valence-corrected chi connectivity index (χ4v) is 6.45. The molecule has 0 spiro atoms. The van der Waals surface area contributed by atoms with Gasteiger partial charge in [-0.1, -0.05) is 121 Å². The summed E-state index contributed by atoms with van der Waals surface area (Å²) >= 11 is 0. The first kappa shape index (κ1) is 26.9. The smallest absolute Gasteiger partial charge is 0.0971 e. The lowest BCUT2D eigenvalue weighted by Crippen LogP contribution is -2.02. The summed E-state index contributed by atoms with van der Waals surface area (Å²) < 4.78 is 0. The van der Waals surface area contributed by atoms with E-state index in [9.17, 15) is 0 Å². The molecular weight excluding hydrogens is 546 g/mol. The van der Waals surface area contributed by atoms with Crippen LogP contribution in [0.4, 0.5) is 0 Å². The van der Waals surface area contributed by atoms with E-state index in [1.807, 2.05) is 0 Å². The van der Waals surface area contributed by atoms with Gasteiger partial charge in [0.25, 0.3) is 0 Å². The van der Waals surface area contributed by atoms with Crippen molar-refractivity contribution < 1.29 is 0 Å². The fourth-order valence-electron chi connectivity index (χ4n) is 6.45. The van der Waals surface area contributed by atoms with E-state index in [4.69, 9.17) is 15.0 Å². The van der Waals surface area contributed by atoms with Crippen LogP contribution in [0.3, 0.4) is 0 Å². The van der Waals surface area contributed by atoms with E-state index in [2.05, 4.69) is 140 Å². The maximum Gasteiger partial charge on any atom is 0.0971 e. The zero-order chi connectivity index (χ0) is 30.0. The molecule has 6 aromatic carbocycles. The Balaban J connectivity index is 1.25. The van der Waals surface area contributed by atoms with Crippen molar-refractivity contribution in [1.82, 2.24) is 9.97 Å². The molecule has 0 atom stereocenters. The van der Waals surface area contributed by atoms with Crippen LogP contribution in [0.1, 0.15) is 36.0 Å². The van der Waals surface area contributed by atoms with Crippen LogP contribution in [0.2, 0.25) is 0 Å². The van der Waals surface area contributed by atoms with Crippen LogP contribution in [0, 0.1) is 0 Å². The van der Waals surface area contributed by atoms with E-state index < -0.39 is 0 Å². The third-order valence-corrected chi connectivity index (χ3v) is 8.68. The first-order valence-electron chi connectivity index (χ1n) is 15.6. The SMILES string of the molecule is C1=C(/c2ccccc2)N=C(c2cccc(-c3ccc4c(c3)c3ccccc3c3nccnc43)c2)CCC\C=C/1c1ccccc1. The Labute approximate surface area is 263 Å². The van der Waals surface area contributed by atoms with Crippen LogP contribution in [-0.2, 0) is 0 Å². The standard InChI is InChI=1S/C42H31N3/c1-3-12-29(13-4-1)32-16-7-10-21-39(45-40(28-32)30-14-5-2-6-15-30)34-18-11-17-31(26-34)33-22-23-37-38(27-33)35-19-8-9-20-36(35)41-42(37)44-25-24-43-41/h1-6,8-9,11-20,22-28H,7,10,21H2/b32-16+,40-28-,45-39?. The van der Waals surface area contributed by atoms with Gasteiger partial charge in [-0.25, -0.2) is 0 Å². The second-order valence-electron chi connectivity index (χ2n) is 11.5. The quantitative estimate of drug-likeness (QED) is 0.195. The average Bonchev–Trinajstić information content (AvgIpc) is 3.23. The van der Waals surface area contributed by atoms with Gasteiger partial charge in [-0.15, -0.1) is 0 Å². The van der Waals surface area contributed by atoms with Crippen molar-refractivity contribution in [3.8, 4) is 11.1 Å². The predicted molar refractivity (Wildman–Crippen MR) is 189 cm³/mol. The lowest BCUT2D eigenvalue weighted by molar-refractivity contribution is 0.896. The molecule has 3 nitrogen and oxygen atoms in total. The summed E-state index contributed by atoms with van der Waals surface area (Å²) in [5.41, 5.74) is 11.0. The van der Waals surface area contributed by atoms with Crippen molar-refractivity contribution >= 4 is 49.6 Å². The van der Waals surface area contributed by atoms with E-state index in [0.717, 1.165) is 63.6 Å². The molecule has 0 radical (unpaired) electrons. The van der Waals surface area contributed by atoms with Gasteiger partial charge in [-0.05, 0) is 76.1 Å². The highest BCUT2D eigenvalue weighted by atomic mass is 14.8. The minimum absolute atomic E-state index is 0.902. The molecule has 0 N–H and O–H groups in total. The first-order chi connectivity index (χ1) is 22.3. The zero-order valence-corrected chi connectivity index (χ0v) is 24.9. The molecule has 1 aromatic heterocycles. The molecule has 8 rings (SSSR count). The number of benzene rings is 6. The van der Waals surface area contributed by atoms with Gasteiger partial charge >= 0.3 is 0 Å². The summed E-state index contributed by atoms with van der Waals surface area (Å²) in [6.45, 7) is 0. The lowest BCUT2D eigenvalue weighted by atomic mass is 9.94. The molecule has 0 fully saturated rings. The number of fused-ring (bicyclic) bond motifs is 6. The monoisotopic (exact) mass is 577 g/mol. The van der Waals surface area contributed by atoms with E-state index in [0.29, 0.717) is 0 Å². The van der Waals surface area contributed by atoms with Gasteiger partial charge in [0.2, 0.25) is 0 Å². The summed E-state index contributed by atoms with van der Waals surface area (Å²) in [5, 5.41) is 4.63. The predicted octanol–water partition coefficient (Wildman–Crippen LogP) is 10.7. The Morgan fingerprint density at radius 2 is 1.09 bits per heavy atom.